The van der Waals surface area contributed by atoms with Crippen LogP contribution in [0.3, 0.4) is 0 Å². The van der Waals surface area contributed by atoms with Crippen LogP contribution in [0, 0.1) is 5.92 Å². The van der Waals surface area contributed by atoms with Gasteiger partial charge in [0.15, 0.2) is 0 Å². The largest absolute Gasteiger partial charge is 0.444 e. The van der Waals surface area contributed by atoms with Crippen molar-refractivity contribution in [2.24, 2.45) is 5.92 Å². The lowest BCUT2D eigenvalue weighted by Crippen LogP contribution is -2.42. The molecule has 110 valence electrons. The highest BCUT2D eigenvalue weighted by Gasteiger charge is 2.28. The maximum atomic E-state index is 11.9. The monoisotopic (exact) mass is 291 g/mol. The molecule has 0 fully saturated rings. The lowest BCUT2D eigenvalue weighted by Gasteiger charge is -2.32. The Labute approximate surface area is 114 Å². The summed E-state index contributed by atoms with van der Waals surface area (Å²) in [6, 6.07) is 0. The van der Waals surface area contributed by atoms with Crippen LogP contribution in [-0.4, -0.2) is 44.4 Å². The molecule has 1 amide bonds. The Morgan fingerprint density at radius 2 is 2.00 bits per heavy atom. The lowest BCUT2D eigenvalue weighted by atomic mass is 10.1. The molecule has 1 atom stereocenters. The first-order valence-corrected chi connectivity index (χ1v) is 7.87. The first kappa shape index (κ1) is 15.8. The number of rotatable bonds is 2. The Hall–Kier alpha value is -1.24. The predicted octanol–water partition coefficient (Wildman–Crippen LogP) is 1.73. The van der Waals surface area contributed by atoms with Gasteiger partial charge in [0.2, 0.25) is 0 Å². The zero-order valence-electron chi connectivity index (χ0n) is 12.0. The molecule has 0 saturated carbocycles. The van der Waals surface area contributed by atoms with E-state index in [1.807, 2.05) is 0 Å². The Balaban J connectivity index is 2.69. The van der Waals surface area contributed by atoms with Gasteiger partial charge in [-0.05, 0) is 26.8 Å². The molecule has 1 rings (SSSR count). The van der Waals surface area contributed by atoms with E-state index < -0.39 is 21.8 Å². The fraction of sp³-hybridized carbons (Fsp3) is 0.750. The summed E-state index contributed by atoms with van der Waals surface area (Å²) in [4.78, 5) is 13.4. The van der Waals surface area contributed by atoms with Crippen molar-refractivity contribution in [2.75, 3.05) is 19.3 Å². The second-order valence-electron chi connectivity index (χ2n) is 5.68. The molecule has 1 heterocycles. The Bertz CT molecular complexity index is 475. The quantitative estimate of drug-likeness (QED) is 0.724. The number of hydrogen-bond donors (Lipinski definition) is 0. The average molecular weight is 291 g/mol. The molecule has 0 radical (unpaired) electrons. The van der Waals surface area contributed by atoms with Crippen LogP contribution in [0.25, 0.3) is 0 Å². The molecule has 1 unspecified atom stereocenters. The summed E-state index contributed by atoms with van der Waals surface area (Å²) < 4.78 is 32.3. The van der Waals surface area contributed by atoms with E-state index in [1.54, 1.807) is 33.8 Å². The van der Waals surface area contributed by atoms with E-state index in [0.29, 0.717) is 12.3 Å². The van der Waals surface area contributed by atoms with Gasteiger partial charge < -0.3 is 13.8 Å². The number of carbonyl (C=O) groups is 1. The van der Waals surface area contributed by atoms with Crippen LogP contribution in [0.15, 0.2) is 11.8 Å². The van der Waals surface area contributed by atoms with Crippen LogP contribution in [0.4, 0.5) is 4.79 Å². The van der Waals surface area contributed by atoms with Crippen LogP contribution >= 0.6 is 0 Å². The Morgan fingerprint density at radius 1 is 1.42 bits per heavy atom. The number of nitrogens with zero attached hydrogens (tertiary/aromatic N) is 1. The fourth-order valence-corrected chi connectivity index (χ4v) is 2.24. The predicted molar refractivity (Wildman–Crippen MR) is 71.0 cm³/mol. The minimum atomic E-state index is -3.53. The van der Waals surface area contributed by atoms with Gasteiger partial charge in [0.1, 0.15) is 11.4 Å². The van der Waals surface area contributed by atoms with Gasteiger partial charge in [-0.15, -0.1) is 0 Å². The van der Waals surface area contributed by atoms with E-state index in [2.05, 4.69) is 0 Å². The highest BCUT2D eigenvalue weighted by atomic mass is 32.2. The number of ether oxygens (including phenoxy) is 1. The van der Waals surface area contributed by atoms with Crippen LogP contribution in [0.2, 0.25) is 0 Å². The van der Waals surface area contributed by atoms with Crippen LogP contribution in [0.1, 0.15) is 27.7 Å². The molecule has 0 spiro atoms. The Kier molecular flexibility index (Phi) is 4.50. The molecular weight excluding hydrogens is 270 g/mol. The van der Waals surface area contributed by atoms with Crippen molar-refractivity contribution in [3.05, 3.63) is 11.8 Å². The molecule has 0 aromatic rings. The Morgan fingerprint density at radius 3 is 2.42 bits per heavy atom. The molecule has 0 N–H and O–H groups in total. The third-order valence-corrected chi connectivity index (χ3v) is 2.89. The van der Waals surface area contributed by atoms with Gasteiger partial charge in [-0.3, -0.25) is 0 Å². The van der Waals surface area contributed by atoms with Crippen molar-refractivity contribution >= 4 is 16.2 Å². The molecule has 7 heteroatoms. The molecule has 6 nitrogen and oxygen atoms in total. The summed E-state index contributed by atoms with van der Waals surface area (Å²) in [5, 5.41) is 0. The highest BCUT2D eigenvalue weighted by molar-refractivity contribution is 7.86. The van der Waals surface area contributed by atoms with Gasteiger partial charge in [0, 0.05) is 19.0 Å². The third-order valence-electron chi connectivity index (χ3n) is 2.39. The van der Waals surface area contributed by atoms with Gasteiger partial charge in [-0.2, -0.15) is 8.42 Å². The molecule has 19 heavy (non-hydrogen) atoms. The van der Waals surface area contributed by atoms with Crippen molar-refractivity contribution in [1.82, 2.24) is 4.90 Å². The maximum absolute atomic E-state index is 11.9. The topological polar surface area (TPSA) is 72.9 Å². The second-order valence-corrected chi connectivity index (χ2v) is 7.26. The summed E-state index contributed by atoms with van der Waals surface area (Å²) in [6.45, 7) is 7.85. The van der Waals surface area contributed by atoms with Crippen molar-refractivity contribution < 1.29 is 22.1 Å². The van der Waals surface area contributed by atoms with Gasteiger partial charge in [0.25, 0.3) is 0 Å². The average Bonchev–Trinajstić information content (AvgIpc) is 2.16. The number of carbonyl (C=O) groups excluding carboxylic acids is 1. The SMILES string of the molecule is CC1CN(C(=O)OC(C)(C)C)CC=C1OS(C)(=O)=O. The van der Waals surface area contributed by atoms with Crippen molar-refractivity contribution in [3.8, 4) is 0 Å². The number of amides is 1. The van der Waals surface area contributed by atoms with Crippen molar-refractivity contribution in [3.63, 3.8) is 0 Å². The van der Waals surface area contributed by atoms with Gasteiger partial charge in [-0.1, -0.05) is 6.92 Å². The van der Waals surface area contributed by atoms with E-state index in [4.69, 9.17) is 8.92 Å². The van der Waals surface area contributed by atoms with E-state index in [-0.39, 0.29) is 12.5 Å². The van der Waals surface area contributed by atoms with Crippen LogP contribution in [-0.2, 0) is 19.0 Å². The molecule has 0 bridgehead atoms. The van der Waals surface area contributed by atoms with E-state index in [9.17, 15) is 13.2 Å². The van der Waals surface area contributed by atoms with Crippen molar-refractivity contribution in [1.29, 1.82) is 0 Å². The third kappa shape index (κ3) is 5.50. The molecular formula is C12H21NO5S. The molecule has 0 aliphatic carbocycles. The van der Waals surface area contributed by atoms with Crippen LogP contribution in [0.5, 0.6) is 0 Å². The fourth-order valence-electron chi connectivity index (χ4n) is 1.66. The van der Waals surface area contributed by atoms with Crippen LogP contribution < -0.4 is 0 Å². The van der Waals surface area contributed by atoms with Gasteiger partial charge >= 0.3 is 16.2 Å². The van der Waals surface area contributed by atoms with E-state index in [1.165, 1.54) is 4.90 Å². The summed E-state index contributed by atoms with van der Waals surface area (Å²) in [5.74, 6) is 0.193. The number of hydrogen-bond acceptors (Lipinski definition) is 5. The molecule has 0 saturated heterocycles. The highest BCUT2D eigenvalue weighted by Crippen LogP contribution is 2.22. The standard InChI is InChI=1S/C12H21NO5S/c1-9-8-13(11(14)17-12(2,3)4)7-6-10(9)18-19(5,15)16/h6,9H,7-8H2,1-5H3. The smallest absolute Gasteiger partial charge is 0.410 e. The van der Waals surface area contributed by atoms with Crippen molar-refractivity contribution in [2.45, 2.75) is 33.3 Å². The minimum absolute atomic E-state index is 0.184. The molecule has 1 aliphatic rings. The normalized spacial score (nSPS) is 20.8. The van der Waals surface area contributed by atoms with Gasteiger partial charge in [0.05, 0.1) is 6.26 Å². The summed E-state index contributed by atoms with van der Waals surface area (Å²) in [6.07, 6.45) is 2.19. The molecule has 0 aromatic carbocycles. The maximum Gasteiger partial charge on any atom is 0.410 e. The van der Waals surface area contributed by atoms with E-state index in [0.717, 1.165) is 6.26 Å². The molecule has 0 aromatic heterocycles. The van der Waals surface area contributed by atoms with E-state index >= 15 is 0 Å². The molecule has 1 aliphatic heterocycles. The summed E-state index contributed by atoms with van der Waals surface area (Å²) in [7, 11) is -3.53. The zero-order valence-corrected chi connectivity index (χ0v) is 12.8. The first-order chi connectivity index (χ1) is 8.48. The summed E-state index contributed by atoms with van der Waals surface area (Å²) >= 11 is 0. The summed E-state index contributed by atoms with van der Waals surface area (Å²) in [5.41, 5.74) is -0.548. The first-order valence-electron chi connectivity index (χ1n) is 6.05. The lowest BCUT2D eigenvalue weighted by molar-refractivity contribution is 0.0232. The van der Waals surface area contributed by atoms with Gasteiger partial charge in [-0.25, -0.2) is 4.79 Å². The minimum Gasteiger partial charge on any atom is -0.444 e. The second kappa shape index (κ2) is 5.40. The zero-order chi connectivity index (χ0) is 14.8.